The fourth-order valence-electron chi connectivity index (χ4n) is 2.21. The molecule has 0 fully saturated rings. The number of aryl methyl sites for hydroxylation is 1. The molecule has 4 heteroatoms. The number of hydrogen-bond acceptors (Lipinski definition) is 4. The largest absolute Gasteiger partial charge is 0.465 e. The van der Waals surface area contributed by atoms with Crippen LogP contribution in [0.3, 0.4) is 0 Å². The van der Waals surface area contributed by atoms with Gasteiger partial charge in [0, 0.05) is 6.42 Å². The number of benzene rings is 1. The fourth-order valence-corrected chi connectivity index (χ4v) is 2.21. The Morgan fingerprint density at radius 2 is 2.21 bits per heavy atom. The van der Waals surface area contributed by atoms with E-state index in [4.69, 9.17) is 9.47 Å². The summed E-state index contributed by atoms with van der Waals surface area (Å²) >= 11 is 0. The Bertz CT molecular complexity index is 493. The monoisotopic (exact) mass is 262 g/mol. The number of methoxy groups -OCH3 is 1. The van der Waals surface area contributed by atoms with Gasteiger partial charge in [-0.05, 0) is 18.1 Å². The minimum Gasteiger partial charge on any atom is -0.465 e. The third-order valence-corrected chi connectivity index (χ3v) is 3.22. The number of esters is 1. The summed E-state index contributed by atoms with van der Waals surface area (Å²) in [6.45, 7) is 2.20. The first-order valence-corrected chi connectivity index (χ1v) is 6.26. The van der Waals surface area contributed by atoms with Gasteiger partial charge in [0.25, 0.3) is 0 Å². The summed E-state index contributed by atoms with van der Waals surface area (Å²) in [5.41, 5.74) is 2.24. The lowest BCUT2D eigenvalue weighted by Gasteiger charge is -2.14. The molecule has 0 heterocycles. The molecule has 1 aliphatic carbocycles. The second-order valence-corrected chi connectivity index (χ2v) is 4.64. The van der Waals surface area contributed by atoms with Gasteiger partial charge >= 0.3 is 5.97 Å². The van der Waals surface area contributed by atoms with E-state index in [2.05, 4.69) is 0 Å². The molecule has 0 aromatic heterocycles. The lowest BCUT2D eigenvalue weighted by molar-refractivity contribution is 0.0489. The molecule has 1 N–H and O–H groups in total. The maximum atomic E-state index is 11.8. The van der Waals surface area contributed by atoms with Crippen molar-refractivity contribution in [3.8, 4) is 0 Å². The van der Waals surface area contributed by atoms with Crippen LogP contribution in [0.25, 0.3) is 0 Å². The number of rotatable bonds is 4. The lowest BCUT2D eigenvalue weighted by atomic mass is 10.0. The van der Waals surface area contributed by atoms with Gasteiger partial charge in [-0.3, -0.25) is 0 Å². The molecular weight excluding hydrogens is 244 g/mol. The molecule has 2 unspecified atom stereocenters. The van der Waals surface area contributed by atoms with Crippen molar-refractivity contribution in [2.24, 2.45) is 0 Å². The molecule has 102 valence electrons. The standard InChI is InChI=1S/C15H18O4/c1-10-4-3-5-11(14(10)15(17)18-2)9-19-13-7-6-12(16)8-13/h3-7,12-13,16H,8-9H2,1-2H3. The molecule has 19 heavy (non-hydrogen) atoms. The molecule has 2 atom stereocenters. The summed E-state index contributed by atoms with van der Waals surface area (Å²) < 4.78 is 10.5. The van der Waals surface area contributed by atoms with Crippen LogP contribution in [0, 0.1) is 6.92 Å². The topological polar surface area (TPSA) is 55.8 Å². The van der Waals surface area contributed by atoms with E-state index >= 15 is 0 Å². The van der Waals surface area contributed by atoms with E-state index in [0.29, 0.717) is 18.6 Å². The van der Waals surface area contributed by atoms with E-state index in [1.165, 1.54) is 7.11 Å². The molecule has 0 saturated carbocycles. The first-order chi connectivity index (χ1) is 9.11. The van der Waals surface area contributed by atoms with Crippen molar-refractivity contribution in [2.45, 2.75) is 32.2 Å². The van der Waals surface area contributed by atoms with Gasteiger partial charge in [0.1, 0.15) is 0 Å². The van der Waals surface area contributed by atoms with Gasteiger partial charge < -0.3 is 14.6 Å². The van der Waals surface area contributed by atoms with Crippen molar-refractivity contribution in [3.05, 3.63) is 47.0 Å². The third kappa shape index (κ3) is 3.22. The van der Waals surface area contributed by atoms with Crippen molar-refractivity contribution < 1.29 is 19.4 Å². The summed E-state index contributed by atoms with van der Waals surface area (Å²) in [6.07, 6.45) is 3.61. The molecule has 4 nitrogen and oxygen atoms in total. The maximum Gasteiger partial charge on any atom is 0.338 e. The normalized spacial score (nSPS) is 21.6. The van der Waals surface area contributed by atoms with E-state index in [1.807, 2.05) is 31.2 Å². The van der Waals surface area contributed by atoms with Gasteiger partial charge in [0.15, 0.2) is 0 Å². The number of carbonyl (C=O) groups is 1. The molecular formula is C15H18O4. The SMILES string of the molecule is COC(=O)c1c(C)cccc1COC1C=CC(O)C1. The summed E-state index contributed by atoms with van der Waals surface area (Å²) in [6, 6.07) is 5.61. The Hall–Kier alpha value is -1.65. The smallest absolute Gasteiger partial charge is 0.338 e. The summed E-state index contributed by atoms with van der Waals surface area (Å²) in [5.74, 6) is -0.348. The zero-order valence-corrected chi connectivity index (χ0v) is 11.1. The van der Waals surface area contributed by atoms with E-state index < -0.39 is 6.10 Å². The zero-order chi connectivity index (χ0) is 13.8. The zero-order valence-electron chi connectivity index (χ0n) is 11.1. The molecule has 0 aliphatic heterocycles. The van der Waals surface area contributed by atoms with Crippen molar-refractivity contribution in [2.75, 3.05) is 7.11 Å². The highest BCUT2D eigenvalue weighted by Crippen LogP contribution is 2.20. The van der Waals surface area contributed by atoms with Crippen LogP contribution in [-0.4, -0.2) is 30.4 Å². The van der Waals surface area contributed by atoms with Gasteiger partial charge in [0.05, 0.1) is 31.5 Å². The van der Waals surface area contributed by atoms with Crippen LogP contribution in [0.2, 0.25) is 0 Å². The van der Waals surface area contributed by atoms with Crippen LogP contribution in [-0.2, 0) is 16.1 Å². The molecule has 0 spiro atoms. The van der Waals surface area contributed by atoms with Gasteiger partial charge in [-0.25, -0.2) is 4.79 Å². The molecule has 1 aliphatic rings. The first-order valence-electron chi connectivity index (χ1n) is 6.26. The van der Waals surface area contributed by atoms with Gasteiger partial charge in [0.2, 0.25) is 0 Å². The van der Waals surface area contributed by atoms with Crippen LogP contribution >= 0.6 is 0 Å². The van der Waals surface area contributed by atoms with Gasteiger partial charge in [-0.15, -0.1) is 0 Å². The van der Waals surface area contributed by atoms with Crippen LogP contribution in [0.4, 0.5) is 0 Å². The highest BCUT2D eigenvalue weighted by molar-refractivity contribution is 5.92. The van der Waals surface area contributed by atoms with E-state index in [9.17, 15) is 9.90 Å². The van der Waals surface area contributed by atoms with Crippen molar-refractivity contribution in [3.63, 3.8) is 0 Å². The number of aliphatic hydroxyl groups excluding tert-OH is 1. The predicted octanol–water partition coefficient (Wildman–Crippen LogP) is 1.99. The lowest BCUT2D eigenvalue weighted by Crippen LogP contribution is -2.14. The number of ether oxygens (including phenoxy) is 2. The number of carbonyl (C=O) groups excluding carboxylic acids is 1. The molecule has 1 aromatic carbocycles. The van der Waals surface area contributed by atoms with Crippen LogP contribution in [0.5, 0.6) is 0 Å². The number of aliphatic hydroxyl groups is 1. The molecule has 2 rings (SSSR count). The Kier molecular flexibility index (Phi) is 4.35. The van der Waals surface area contributed by atoms with Crippen LogP contribution < -0.4 is 0 Å². The highest BCUT2D eigenvalue weighted by atomic mass is 16.5. The average Bonchev–Trinajstić information content (AvgIpc) is 2.81. The predicted molar refractivity (Wildman–Crippen MR) is 70.9 cm³/mol. The maximum absolute atomic E-state index is 11.8. The Morgan fingerprint density at radius 3 is 2.84 bits per heavy atom. The van der Waals surface area contributed by atoms with Gasteiger partial charge in [-0.2, -0.15) is 0 Å². The minimum absolute atomic E-state index is 0.0963. The average molecular weight is 262 g/mol. The quantitative estimate of drug-likeness (QED) is 0.666. The molecule has 0 amide bonds. The van der Waals surface area contributed by atoms with Crippen molar-refractivity contribution in [1.82, 2.24) is 0 Å². The van der Waals surface area contributed by atoms with Gasteiger partial charge in [-0.1, -0.05) is 30.4 Å². The first kappa shape index (κ1) is 13.8. The van der Waals surface area contributed by atoms with E-state index in [0.717, 1.165) is 11.1 Å². The van der Waals surface area contributed by atoms with Crippen LogP contribution in [0.1, 0.15) is 27.9 Å². The van der Waals surface area contributed by atoms with Crippen molar-refractivity contribution in [1.29, 1.82) is 0 Å². The summed E-state index contributed by atoms with van der Waals surface area (Å²) in [4.78, 5) is 11.8. The molecule has 0 bridgehead atoms. The third-order valence-electron chi connectivity index (χ3n) is 3.22. The Labute approximate surface area is 112 Å². The second-order valence-electron chi connectivity index (χ2n) is 4.64. The van der Waals surface area contributed by atoms with Crippen LogP contribution in [0.15, 0.2) is 30.4 Å². The summed E-state index contributed by atoms with van der Waals surface area (Å²) in [5, 5.41) is 9.38. The Balaban J connectivity index is 2.10. The fraction of sp³-hybridized carbons (Fsp3) is 0.400. The summed E-state index contributed by atoms with van der Waals surface area (Å²) in [7, 11) is 1.37. The highest BCUT2D eigenvalue weighted by Gasteiger charge is 2.19. The molecule has 0 radical (unpaired) electrons. The minimum atomic E-state index is -0.428. The van der Waals surface area contributed by atoms with E-state index in [1.54, 1.807) is 6.08 Å². The Morgan fingerprint density at radius 1 is 1.42 bits per heavy atom. The molecule has 1 aromatic rings. The van der Waals surface area contributed by atoms with Crippen molar-refractivity contribution >= 4 is 5.97 Å². The van der Waals surface area contributed by atoms with E-state index in [-0.39, 0.29) is 12.1 Å². The second kappa shape index (κ2) is 5.99. The number of hydrogen-bond donors (Lipinski definition) is 1. The molecule has 0 saturated heterocycles.